The second-order valence-electron chi connectivity index (χ2n) is 10.4. The van der Waals surface area contributed by atoms with E-state index < -0.39 is 0 Å². The van der Waals surface area contributed by atoms with Crippen molar-refractivity contribution < 1.29 is 0 Å². The van der Waals surface area contributed by atoms with Crippen LogP contribution in [0.3, 0.4) is 0 Å². The van der Waals surface area contributed by atoms with Crippen LogP contribution in [0.1, 0.15) is 107 Å². The topological polar surface area (TPSA) is 12.0 Å². The van der Waals surface area contributed by atoms with Gasteiger partial charge < -0.3 is 5.32 Å². The smallest absolute Gasteiger partial charge is 0.0492 e. The van der Waals surface area contributed by atoms with Gasteiger partial charge in [0, 0.05) is 11.5 Å². The molecule has 1 unspecified atom stereocenters. The zero-order valence-electron chi connectivity index (χ0n) is 19.3. The number of hydrogen-bond acceptors (Lipinski definition) is 1. The predicted molar refractivity (Wildman–Crippen MR) is 131 cm³/mol. The van der Waals surface area contributed by atoms with E-state index in [1.165, 1.54) is 112 Å². The monoisotopic (exact) mass is 413 g/mol. The van der Waals surface area contributed by atoms with Gasteiger partial charge in [0.05, 0.1) is 0 Å². The van der Waals surface area contributed by atoms with Crippen LogP contribution >= 0.6 is 7.92 Å². The fourth-order valence-corrected chi connectivity index (χ4v) is 11.3. The minimum absolute atomic E-state index is 0.0613. The van der Waals surface area contributed by atoms with Crippen molar-refractivity contribution in [3.8, 4) is 0 Å². The third kappa shape index (κ3) is 5.20. The summed E-state index contributed by atoms with van der Waals surface area (Å²) in [6.07, 6.45) is 20.9. The van der Waals surface area contributed by atoms with E-state index in [2.05, 4.69) is 38.2 Å². The molecule has 4 rings (SSSR count). The Morgan fingerprint density at radius 3 is 1.62 bits per heavy atom. The standard InChI is InChI=1S/C27H44NP/c1-20-18-21(2)26(22(3)19-20)28-27(23-12-10-11-13-23)29(24-14-6-4-7-15-24)25-16-8-5-9-17-25/h18-19,23-25,27-28H,4-17H2,1-3H3. The van der Waals surface area contributed by atoms with Crippen LogP contribution in [0.25, 0.3) is 0 Å². The molecule has 29 heavy (non-hydrogen) atoms. The van der Waals surface area contributed by atoms with E-state index in [9.17, 15) is 0 Å². The highest BCUT2D eigenvalue weighted by Crippen LogP contribution is 2.62. The lowest BCUT2D eigenvalue weighted by molar-refractivity contribution is 0.467. The lowest BCUT2D eigenvalue weighted by Crippen LogP contribution is -2.35. The van der Waals surface area contributed by atoms with Crippen molar-refractivity contribution in [1.29, 1.82) is 0 Å². The highest BCUT2D eigenvalue weighted by molar-refractivity contribution is 7.60. The fraction of sp³-hybridized carbons (Fsp3) is 0.778. The molecular weight excluding hydrogens is 369 g/mol. The maximum atomic E-state index is 4.31. The Balaban J connectivity index is 1.66. The van der Waals surface area contributed by atoms with Gasteiger partial charge in [-0.2, -0.15) is 0 Å². The molecule has 3 saturated carbocycles. The van der Waals surface area contributed by atoms with Gasteiger partial charge in [0.15, 0.2) is 0 Å². The van der Waals surface area contributed by atoms with E-state index in [0.717, 1.165) is 23.0 Å². The number of nitrogens with one attached hydrogen (secondary N) is 1. The van der Waals surface area contributed by atoms with Crippen molar-refractivity contribution in [2.75, 3.05) is 5.32 Å². The van der Waals surface area contributed by atoms with E-state index in [1.807, 2.05) is 0 Å². The molecule has 3 aliphatic rings. The van der Waals surface area contributed by atoms with E-state index in [-0.39, 0.29) is 7.92 Å². The molecule has 0 spiro atoms. The molecular formula is C27H44NP. The molecule has 0 saturated heterocycles. The molecule has 1 N–H and O–H groups in total. The molecule has 1 aromatic rings. The summed E-state index contributed by atoms with van der Waals surface area (Å²) in [4.78, 5) is 0. The van der Waals surface area contributed by atoms with Gasteiger partial charge in [0.2, 0.25) is 0 Å². The highest BCUT2D eigenvalue weighted by Gasteiger charge is 2.40. The van der Waals surface area contributed by atoms with Gasteiger partial charge in [-0.25, -0.2) is 0 Å². The summed E-state index contributed by atoms with van der Waals surface area (Å²) in [6.45, 7) is 6.91. The molecule has 0 radical (unpaired) electrons. The molecule has 162 valence electrons. The van der Waals surface area contributed by atoms with Crippen LogP contribution in [0.15, 0.2) is 12.1 Å². The molecule has 1 aromatic carbocycles. The van der Waals surface area contributed by atoms with Crippen molar-refractivity contribution >= 4 is 13.6 Å². The van der Waals surface area contributed by atoms with Crippen molar-refractivity contribution in [2.45, 2.75) is 128 Å². The molecule has 0 heterocycles. The number of rotatable bonds is 6. The van der Waals surface area contributed by atoms with Gasteiger partial charge in [0.25, 0.3) is 0 Å². The van der Waals surface area contributed by atoms with E-state index in [1.54, 1.807) is 0 Å². The van der Waals surface area contributed by atoms with Crippen LogP contribution in [-0.2, 0) is 0 Å². The van der Waals surface area contributed by atoms with E-state index in [4.69, 9.17) is 0 Å². The van der Waals surface area contributed by atoms with Gasteiger partial charge >= 0.3 is 0 Å². The summed E-state index contributed by atoms with van der Waals surface area (Å²) in [5, 5.41) is 4.31. The molecule has 1 nitrogen and oxygen atoms in total. The zero-order chi connectivity index (χ0) is 20.2. The zero-order valence-corrected chi connectivity index (χ0v) is 20.2. The summed E-state index contributed by atoms with van der Waals surface area (Å²) >= 11 is 0. The molecule has 0 aromatic heterocycles. The molecule has 3 aliphatic carbocycles. The van der Waals surface area contributed by atoms with Crippen LogP contribution in [0.2, 0.25) is 0 Å². The summed E-state index contributed by atoms with van der Waals surface area (Å²) in [5.41, 5.74) is 7.88. The SMILES string of the molecule is Cc1cc(C)c(NC(C2CCCC2)P(C2CCCCC2)C2CCCCC2)c(C)c1. The third-order valence-corrected chi connectivity index (χ3v) is 12.0. The summed E-state index contributed by atoms with van der Waals surface area (Å²) in [5.74, 6) is 1.68. The van der Waals surface area contributed by atoms with Crippen LogP contribution in [0, 0.1) is 26.7 Å². The second-order valence-corrected chi connectivity index (χ2v) is 13.3. The maximum absolute atomic E-state index is 4.31. The molecule has 0 amide bonds. The summed E-state index contributed by atoms with van der Waals surface area (Å²) in [6, 6.07) is 4.79. The lowest BCUT2D eigenvalue weighted by Gasteiger charge is -2.46. The average Bonchev–Trinajstić information content (AvgIpc) is 3.26. The summed E-state index contributed by atoms with van der Waals surface area (Å²) in [7, 11) is 0.0613. The van der Waals surface area contributed by atoms with Gasteiger partial charge in [-0.05, 0) is 87.7 Å². The van der Waals surface area contributed by atoms with Crippen LogP contribution in [0.4, 0.5) is 5.69 Å². The lowest BCUT2D eigenvalue weighted by atomic mass is 9.99. The molecule has 3 fully saturated rings. The molecule has 2 heteroatoms. The van der Waals surface area contributed by atoms with Gasteiger partial charge in [-0.3, -0.25) is 0 Å². The third-order valence-electron chi connectivity index (χ3n) is 8.13. The van der Waals surface area contributed by atoms with Gasteiger partial charge in [0.1, 0.15) is 0 Å². The summed E-state index contributed by atoms with van der Waals surface area (Å²) < 4.78 is 0. The fourth-order valence-electron chi connectivity index (χ4n) is 6.78. The second kappa shape index (κ2) is 10.2. The van der Waals surface area contributed by atoms with Crippen LogP contribution in [-0.4, -0.2) is 17.1 Å². The van der Waals surface area contributed by atoms with Crippen molar-refractivity contribution in [3.63, 3.8) is 0 Å². The number of anilines is 1. The quantitative estimate of drug-likeness (QED) is 0.460. The molecule has 0 bridgehead atoms. The van der Waals surface area contributed by atoms with Crippen molar-refractivity contribution in [3.05, 3.63) is 28.8 Å². The molecule has 1 atom stereocenters. The van der Waals surface area contributed by atoms with Crippen LogP contribution in [0.5, 0.6) is 0 Å². The highest BCUT2D eigenvalue weighted by atomic mass is 31.1. The maximum Gasteiger partial charge on any atom is 0.0492 e. The average molecular weight is 414 g/mol. The van der Waals surface area contributed by atoms with Gasteiger partial charge in [-0.1, -0.05) is 77.0 Å². The Morgan fingerprint density at radius 2 is 1.14 bits per heavy atom. The first-order chi connectivity index (χ1) is 14.1. The normalized spacial score (nSPS) is 23.6. The Kier molecular flexibility index (Phi) is 7.60. The van der Waals surface area contributed by atoms with E-state index >= 15 is 0 Å². The minimum atomic E-state index is 0.0613. The minimum Gasteiger partial charge on any atom is -0.378 e. The van der Waals surface area contributed by atoms with E-state index in [0.29, 0.717) is 0 Å². The Bertz CT molecular complexity index is 609. The Hall–Kier alpha value is -0.550. The number of benzene rings is 1. The Morgan fingerprint density at radius 1 is 0.690 bits per heavy atom. The van der Waals surface area contributed by atoms with Crippen molar-refractivity contribution in [1.82, 2.24) is 0 Å². The molecule has 0 aliphatic heterocycles. The first-order valence-electron chi connectivity index (χ1n) is 12.8. The van der Waals surface area contributed by atoms with Crippen LogP contribution < -0.4 is 5.32 Å². The number of aryl methyl sites for hydroxylation is 3. The first kappa shape index (κ1) is 21.7. The predicted octanol–water partition coefficient (Wildman–Crippen LogP) is 8.69. The largest absolute Gasteiger partial charge is 0.378 e. The Labute approximate surface area is 181 Å². The van der Waals surface area contributed by atoms with Gasteiger partial charge in [-0.15, -0.1) is 0 Å². The number of hydrogen-bond donors (Lipinski definition) is 1. The van der Waals surface area contributed by atoms with Crippen molar-refractivity contribution in [2.24, 2.45) is 5.92 Å². The first-order valence-corrected chi connectivity index (χ1v) is 14.3.